The molecule has 0 fully saturated rings. The molecule has 1 aromatic rings. The quantitative estimate of drug-likeness (QED) is 0.774. The van der Waals surface area contributed by atoms with Crippen LogP contribution in [0.3, 0.4) is 0 Å². The van der Waals surface area contributed by atoms with Gasteiger partial charge in [-0.2, -0.15) is 0 Å². The molecule has 0 saturated heterocycles. The van der Waals surface area contributed by atoms with Crippen LogP contribution in [0.25, 0.3) is 0 Å². The first-order valence-electron chi connectivity index (χ1n) is 6.39. The minimum atomic E-state index is -0.404. The second kappa shape index (κ2) is 7.33. The molecule has 0 saturated carbocycles. The van der Waals surface area contributed by atoms with Gasteiger partial charge >= 0.3 is 0 Å². The Labute approximate surface area is 118 Å². The molecule has 1 aromatic heterocycles. The number of nitrogens with zero attached hydrogens (tertiary/aromatic N) is 2. The topological polar surface area (TPSA) is 64.0 Å². The second-order valence-electron chi connectivity index (χ2n) is 4.68. The molecule has 1 N–H and O–H groups in total. The summed E-state index contributed by atoms with van der Waals surface area (Å²) in [6, 6.07) is -0.404. The number of hydrogen-bond donors (Lipinski definition) is 1. The van der Waals surface area contributed by atoms with Gasteiger partial charge in [-0.3, -0.25) is 9.59 Å². The molecular formula is C13H21N3O2S. The van der Waals surface area contributed by atoms with Gasteiger partial charge in [-0.1, -0.05) is 25.6 Å². The van der Waals surface area contributed by atoms with Gasteiger partial charge in [-0.15, -0.1) is 0 Å². The van der Waals surface area contributed by atoms with E-state index in [-0.39, 0.29) is 23.4 Å². The number of ketones is 1. The Balaban J connectivity index is 2.49. The van der Waals surface area contributed by atoms with Crippen molar-refractivity contribution in [3.63, 3.8) is 0 Å². The first-order valence-corrected chi connectivity index (χ1v) is 7.38. The van der Waals surface area contributed by atoms with Gasteiger partial charge < -0.3 is 9.88 Å². The summed E-state index contributed by atoms with van der Waals surface area (Å²) in [5.74, 6) is 0.227. The van der Waals surface area contributed by atoms with Gasteiger partial charge in [0.05, 0.1) is 11.8 Å². The molecule has 1 rings (SSSR count). The maximum atomic E-state index is 11.8. The molecule has 1 amide bonds. The number of Topliss-reactive ketones (excluding diaryl/α,β-unsaturated/α-hetero) is 1. The molecule has 0 radical (unpaired) electrons. The zero-order chi connectivity index (χ0) is 14.4. The number of aromatic nitrogens is 2. The van der Waals surface area contributed by atoms with Gasteiger partial charge in [0.2, 0.25) is 5.91 Å². The van der Waals surface area contributed by atoms with Crippen LogP contribution in [-0.2, 0) is 16.1 Å². The lowest BCUT2D eigenvalue weighted by Crippen LogP contribution is -2.44. The lowest BCUT2D eigenvalue weighted by Gasteiger charge is -2.19. The monoisotopic (exact) mass is 283 g/mol. The summed E-state index contributed by atoms with van der Waals surface area (Å²) in [6.45, 7) is 8.19. The van der Waals surface area contributed by atoms with Crippen molar-refractivity contribution in [3.8, 4) is 0 Å². The molecule has 0 aromatic carbocycles. The van der Waals surface area contributed by atoms with E-state index in [1.807, 2.05) is 31.5 Å². The number of carbonyl (C=O) groups excluding carboxylic acids is 2. The lowest BCUT2D eigenvalue weighted by atomic mass is 10.0. The number of rotatable bonds is 7. The molecule has 19 heavy (non-hydrogen) atoms. The van der Waals surface area contributed by atoms with Crippen molar-refractivity contribution in [1.29, 1.82) is 0 Å². The second-order valence-corrected chi connectivity index (χ2v) is 5.63. The number of carbonyl (C=O) groups is 2. The number of thioether (sulfide) groups is 1. The first-order chi connectivity index (χ1) is 8.95. The maximum absolute atomic E-state index is 11.8. The summed E-state index contributed by atoms with van der Waals surface area (Å²) in [5, 5.41) is 3.59. The third-order valence-electron chi connectivity index (χ3n) is 2.77. The molecule has 0 aliphatic heterocycles. The lowest BCUT2D eigenvalue weighted by molar-refractivity contribution is -0.126. The van der Waals surface area contributed by atoms with Gasteiger partial charge in [-0.25, -0.2) is 4.98 Å². The molecule has 0 aliphatic carbocycles. The van der Waals surface area contributed by atoms with Gasteiger partial charge in [0.25, 0.3) is 0 Å². The summed E-state index contributed by atoms with van der Waals surface area (Å²) in [6.07, 6.45) is 3.60. The smallest absolute Gasteiger partial charge is 0.231 e. The van der Waals surface area contributed by atoms with E-state index in [1.165, 1.54) is 18.7 Å². The van der Waals surface area contributed by atoms with Gasteiger partial charge in [0, 0.05) is 18.9 Å². The van der Waals surface area contributed by atoms with Gasteiger partial charge in [-0.05, 0) is 19.8 Å². The Hall–Kier alpha value is -1.30. The van der Waals surface area contributed by atoms with Crippen LogP contribution in [-0.4, -0.2) is 33.0 Å². The van der Waals surface area contributed by atoms with E-state index in [1.54, 1.807) is 6.20 Å². The van der Waals surface area contributed by atoms with E-state index >= 15 is 0 Å². The predicted octanol–water partition coefficient (Wildman–Crippen LogP) is 1.72. The molecule has 0 aliphatic rings. The Morgan fingerprint density at radius 3 is 2.68 bits per heavy atom. The zero-order valence-electron chi connectivity index (χ0n) is 11.8. The van der Waals surface area contributed by atoms with E-state index in [2.05, 4.69) is 10.3 Å². The maximum Gasteiger partial charge on any atom is 0.231 e. The van der Waals surface area contributed by atoms with E-state index in [4.69, 9.17) is 0 Å². The minimum Gasteiger partial charge on any atom is -0.345 e. The fourth-order valence-corrected chi connectivity index (χ4v) is 2.59. The van der Waals surface area contributed by atoms with Crippen LogP contribution in [0.2, 0.25) is 0 Å². The van der Waals surface area contributed by atoms with E-state index in [0.29, 0.717) is 0 Å². The molecule has 1 atom stereocenters. The van der Waals surface area contributed by atoms with Gasteiger partial charge in [0.1, 0.15) is 0 Å². The zero-order valence-corrected chi connectivity index (χ0v) is 12.7. The number of hydrogen-bond acceptors (Lipinski definition) is 4. The summed E-state index contributed by atoms with van der Waals surface area (Å²) >= 11 is 1.38. The Bertz CT molecular complexity index is 443. The SMILES string of the molecule is CCn1ccnc1SCC(=O)NC(C(C)=O)C(C)C. The molecule has 6 heteroatoms. The van der Waals surface area contributed by atoms with Crippen molar-refractivity contribution in [2.75, 3.05) is 5.75 Å². The third-order valence-corrected chi connectivity index (χ3v) is 3.78. The molecule has 106 valence electrons. The predicted molar refractivity (Wildman–Crippen MR) is 76.1 cm³/mol. The Morgan fingerprint density at radius 2 is 2.16 bits per heavy atom. The summed E-state index contributed by atoms with van der Waals surface area (Å²) < 4.78 is 1.98. The van der Waals surface area contributed by atoms with Crippen molar-refractivity contribution in [3.05, 3.63) is 12.4 Å². The fraction of sp³-hybridized carbons (Fsp3) is 0.615. The van der Waals surface area contributed by atoms with Crippen LogP contribution in [0.4, 0.5) is 0 Å². The van der Waals surface area contributed by atoms with Crippen LogP contribution in [0.1, 0.15) is 27.7 Å². The molecule has 5 nitrogen and oxygen atoms in total. The number of aryl methyl sites for hydroxylation is 1. The normalized spacial score (nSPS) is 12.5. The Morgan fingerprint density at radius 1 is 1.47 bits per heavy atom. The minimum absolute atomic E-state index is 0.0107. The van der Waals surface area contributed by atoms with E-state index in [0.717, 1.165) is 11.7 Å². The average Bonchev–Trinajstić information content (AvgIpc) is 2.79. The van der Waals surface area contributed by atoms with Crippen LogP contribution >= 0.6 is 11.8 Å². The van der Waals surface area contributed by atoms with Crippen molar-refractivity contribution in [2.45, 2.75) is 45.4 Å². The van der Waals surface area contributed by atoms with Crippen LogP contribution in [0.15, 0.2) is 17.6 Å². The summed E-state index contributed by atoms with van der Waals surface area (Å²) in [5.41, 5.74) is 0. The number of amides is 1. The standard InChI is InChI=1S/C13H21N3O2S/c1-5-16-7-6-14-13(16)19-8-11(18)15-12(9(2)3)10(4)17/h6-7,9,12H,5,8H2,1-4H3,(H,15,18). The molecule has 1 heterocycles. The summed E-state index contributed by atoms with van der Waals surface area (Å²) in [4.78, 5) is 27.4. The van der Waals surface area contributed by atoms with Gasteiger partial charge in [0.15, 0.2) is 10.9 Å². The van der Waals surface area contributed by atoms with Crippen LogP contribution < -0.4 is 5.32 Å². The highest BCUT2D eigenvalue weighted by molar-refractivity contribution is 7.99. The molecule has 0 spiro atoms. The largest absolute Gasteiger partial charge is 0.345 e. The average molecular weight is 283 g/mol. The summed E-state index contributed by atoms with van der Waals surface area (Å²) in [7, 11) is 0. The first kappa shape index (κ1) is 15.8. The van der Waals surface area contributed by atoms with Crippen molar-refractivity contribution < 1.29 is 9.59 Å². The van der Waals surface area contributed by atoms with E-state index < -0.39 is 6.04 Å². The number of nitrogens with one attached hydrogen (secondary N) is 1. The van der Waals surface area contributed by atoms with Crippen LogP contribution in [0, 0.1) is 5.92 Å². The van der Waals surface area contributed by atoms with Crippen LogP contribution in [0.5, 0.6) is 0 Å². The number of imidazole rings is 1. The van der Waals surface area contributed by atoms with E-state index in [9.17, 15) is 9.59 Å². The fourth-order valence-electron chi connectivity index (χ4n) is 1.76. The molecular weight excluding hydrogens is 262 g/mol. The highest BCUT2D eigenvalue weighted by atomic mass is 32.2. The highest BCUT2D eigenvalue weighted by Gasteiger charge is 2.20. The highest BCUT2D eigenvalue weighted by Crippen LogP contribution is 2.15. The third kappa shape index (κ3) is 4.70. The molecule has 0 bridgehead atoms. The molecule has 1 unspecified atom stereocenters. The van der Waals surface area contributed by atoms with Crippen molar-refractivity contribution in [1.82, 2.24) is 14.9 Å². The van der Waals surface area contributed by atoms with Crippen molar-refractivity contribution >= 4 is 23.5 Å². The Kier molecular flexibility index (Phi) is 6.08. The van der Waals surface area contributed by atoms with Crippen molar-refractivity contribution in [2.24, 2.45) is 5.92 Å².